The summed E-state index contributed by atoms with van der Waals surface area (Å²) in [6, 6.07) is 11.6. The molecule has 3 aromatic rings. The van der Waals surface area contributed by atoms with Gasteiger partial charge in [-0.3, -0.25) is 9.78 Å². The van der Waals surface area contributed by atoms with Gasteiger partial charge >= 0.3 is 0 Å². The quantitative estimate of drug-likeness (QED) is 0.620. The van der Waals surface area contributed by atoms with Gasteiger partial charge in [-0.1, -0.05) is 23.7 Å². The van der Waals surface area contributed by atoms with Gasteiger partial charge in [-0.25, -0.2) is 9.97 Å². The number of aromatic nitrogens is 3. The van der Waals surface area contributed by atoms with Crippen LogP contribution in [0, 0.1) is 6.92 Å². The minimum Gasteiger partial charge on any atom is -0.368 e. The Morgan fingerprint density at radius 1 is 1.20 bits per heavy atom. The summed E-state index contributed by atoms with van der Waals surface area (Å²) in [7, 11) is 0. The highest BCUT2D eigenvalue weighted by Crippen LogP contribution is 2.26. The lowest BCUT2D eigenvalue weighted by molar-refractivity contribution is -0.139. The molecule has 0 spiro atoms. The van der Waals surface area contributed by atoms with E-state index in [0.29, 0.717) is 37.6 Å². The van der Waals surface area contributed by atoms with Crippen molar-refractivity contribution in [3.63, 3.8) is 0 Å². The van der Waals surface area contributed by atoms with Gasteiger partial charge in [-0.2, -0.15) is 0 Å². The van der Waals surface area contributed by atoms with Gasteiger partial charge in [0.1, 0.15) is 12.4 Å². The first-order valence-electron chi connectivity index (χ1n) is 9.96. The lowest BCUT2D eigenvalue weighted by Crippen LogP contribution is -2.42. The standard InChI is InChI=1S/C23H23ClN4O2/c1-16-9-18(19-12-25-15-26-13-19)11-21(27-16)22-14-28(7-8-30-22)23(29)6-5-17-3-2-4-20(24)10-17/h2-4,9-13,15,22H,5-8,14H2,1H3. The van der Waals surface area contributed by atoms with E-state index >= 15 is 0 Å². The number of aryl methyl sites for hydroxylation is 2. The number of pyridine rings is 1. The minimum atomic E-state index is -0.253. The number of amides is 1. The zero-order chi connectivity index (χ0) is 20.9. The zero-order valence-corrected chi connectivity index (χ0v) is 17.5. The van der Waals surface area contributed by atoms with Gasteiger partial charge in [0, 0.05) is 41.6 Å². The number of rotatable bonds is 5. The maximum Gasteiger partial charge on any atom is 0.223 e. The van der Waals surface area contributed by atoms with Crippen LogP contribution in [0.1, 0.15) is 29.5 Å². The molecule has 0 bridgehead atoms. The summed E-state index contributed by atoms with van der Waals surface area (Å²) in [5, 5.41) is 0.691. The van der Waals surface area contributed by atoms with Crippen LogP contribution in [0.25, 0.3) is 11.1 Å². The van der Waals surface area contributed by atoms with Gasteiger partial charge < -0.3 is 9.64 Å². The Morgan fingerprint density at radius 3 is 2.83 bits per heavy atom. The molecule has 1 amide bonds. The first-order chi connectivity index (χ1) is 14.6. The summed E-state index contributed by atoms with van der Waals surface area (Å²) < 4.78 is 5.96. The molecule has 1 unspecified atom stereocenters. The topological polar surface area (TPSA) is 68.2 Å². The number of hydrogen-bond donors (Lipinski definition) is 0. The smallest absolute Gasteiger partial charge is 0.223 e. The van der Waals surface area contributed by atoms with Crippen LogP contribution in [0.5, 0.6) is 0 Å². The molecule has 0 aliphatic carbocycles. The minimum absolute atomic E-state index is 0.118. The van der Waals surface area contributed by atoms with Gasteiger partial charge in [0.05, 0.1) is 18.8 Å². The normalized spacial score (nSPS) is 16.5. The number of benzene rings is 1. The Labute approximate surface area is 180 Å². The van der Waals surface area contributed by atoms with E-state index < -0.39 is 0 Å². The summed E-state index contributed by atoms with van der Waals surface area (Å²) in [5.41, 5.74) is 4.69. The molecule has 1 atom stereocenters. The molecule has 1 aliphatic rings. The van der Waals surface area contributed by atoms with Crippen molar-refractivity contribution in [3.8, 4) is 11.1 Å². The third kappa shape index (κ3) is 5.01. The number of morpholine rings is 1. The van der Waals surface area contributed by atoms with Crippen LogP contribution < -0.4 is 0 Å². The third-order valence-electron chi connectivity index (χ3n) is 5.13. The predicted octanol–water partition coefficient (Wildman–Crippen LogP) is 4.03. The largest absolute Gasteiger partial charge is 0.368 e. The van der Waals surface area contributed by atoms with Crippen LogP contribution in [-0.2, 0) is 16.0 Å². The molecule has 1 aliphatic heterocycles. The molecular formula is C23H23ClN4O2. The van der Waals surface area contributed by atoms with Gasteiger partial charge in [0.25, 0.3) is 0 Å². The number of nitrogens with zero attached hydrogens (tertiary/aromatic N) is 4. The average molecular weight is 423 g/mol. The Balaban J connectivity index is 1.45. The van der Waals surface area contributed by atoms with Crippen molar-refractivity contribution < 1.29 is 9.53 Å². The second kappa shape index (κ2) is 9.32. The SMILES string of the molecule is Cc1cc(-c2cncnc2)cc(C2CN(C(=O)CCc3cccc(Cl)c3)CCO2)n1. The molecule has 6 nitrogen and oxygen atoms in total. The van der Waals surface area contributed by atoms with E-state index in [2.05, 4.69) is 15.0 Å². The number of ether oxygens (including phenoxy) is 1. The van der Waals surface area contributed by atoms with Crippen molar-refractivity contribution >= 4 is 17.5 Å². The number of carbonyl (C=O) groups is 1. The number of carbonyl (C=O) groups excluding carboxylic acids is 1. The van der Waals surface area contributed by atoms with Crippen LogP contribution in [0.3, 0.4) is 0 Å². The maximum absolute atomic E-state index is 12.8. The van der Waals surface area contributed by atoms with Crippen molar-refractivity contribution in [2.75, 3.05) is 19.7 Å². The highest BCUT2D eigenvalue weighted by atomic mass is 35.5. The van der Waals surface area contributed by atoms with E-state index in [9.17, 15) is 4.79 Å². The van der Waals surface area contributed by atoms with E-state index in [4.69, 9.17) is 16.3 Å². The molecule has 154 valence electrons. The van der Waals surface area contributed by atoms with Crippen molar-refractivity contribution in [2.45, 2.75) is 25.9 Å². The summed E-state index contributed by atoms with van der Waals surface area (Å²) in [6.45, 7) is 3.53. The van der Waals surface area contributed by atoms with Crippen LogP contribution in [0.4, 0.5) is 0 Å². The summed E-state index contributed by atoms with van der Waals surface area (Å²) in [5.74, 6) is 0.118. The van der Waals surface area contributed by atoms with Crippen LogP contribution in [-0.4, -0.2) is 45.5 Å². The highest BCUT2D eigenvalue weighted by Gasteiger charge is 2.26. The Hall–Kier alpha value is -2.83. The lowest BCUT2D eigenvalue weighted by atomic mass is 10.0. The molecule has 30 heavy (non-hydrogen) atoms. The van der Waals surface area contributed by atoms with Crippen molar-refractivity contribution in [2.24, 2.45) is 0 Å². The molecule has 1 fully saturated rings. The first-order valence-corrected chi connectivity index (χ1v) is 10.3. The van der Waals surface area contributed by atoms with Crippen molar-refractivity contribution in [1.82, 2.24) is 19.9 Å². The predicted molar refractivity (Wildman–Crippen MR) is 115 cm³/mol. The molecule has 4 rings (SSSR count). The molecule has 0 saturated carbocycles. The molecule has 2 aromatic heterocycles. The Bertz CT molecular complexity index is 1030. The number of halogens is 1. The van der Waals surface area contributed by atoms with Crippen LogP contribution in [0.15, 0.2) is 55.1 Å². The van der Waals surface area contributed by atoms with E-state index in [0.717, 1.165) is 28.1 Å². The number of hydrogen-bond acceptors (Lipinski definition) is 5. The first kappa shape index (κ1) is 20.4. The van der Waals surface area contributed by atoms with E-state index in [1.54, 1.807) is 12.4 Å². The van der Waals surface area contributed by atoms with Crippen LogP contribution in [0.2, 0.25) is 5.02 Å². The van der Waals surface area contributed by atoms with E-state index in [-0.39, 0.29) is 12.0 Å². The molecule has 7 heteroatoms. The molecule has 0 N–H and O–H groups in total. The highest BCUT2D eigenvalue weighted by molar-refractivity contribution is 6.30. The van der Waals surface area contributed by atoms with Gasteiger partial charge in [0.15, 0.2) is 0 Å². The molecule has 3 heterocycles. The summed E-state index contributed by atoms with van der Waals surface area (Å²) in [6.07, 6.45) is 5.92. The monoisotopic (exact) mass is 422 g/mol. The third-order valence-corrected chi connectivity index (χ3v) is 5.37. The maximum atomic E-state index is 12.8. The fraction of sp³-hybridized carbons (Fsp3) is 0.304. The zero-order valence-electron chi connectivity index (χ0n) is 16.8. The Kier molecular flexibility index (Phi) is 6.35. The lowest BCUT2D eigenvalue weighted by Gasteiger charge is -2.33. The fourth-order valence-corrected chi connectivity index (χ4v) is 3.84. The molecule has 0 radical (unpaired) electrons. The molecule has 1 aromatic carbocycles. The summed E-state index contributed by atoms with van der Waals surface area (Å²) >= 11 is 6.04. The molecule has 1 saturated heterocycles. The Morgan fingerprint density at radius 2 is 2.03 bits per heavy atom. The summed E-state index contributed by atoms with van der Waals surface area (Å²) in [4.78, 5) is 27.5. The molecular weight excluding hydrogens is 400 g/mol. The van der Waals surface area contributed by atoms with Gasteiger partial charge in [-0.15, -0.1) is 0 Å². The fourth-order valence-electron chi connectivity index (χ4n) is 3.63. The van der Waals surface area contributed by atoms with Crippen molar-refractivity contribution in [1.29, 1.82) is 0 Å². The van der Waals surface area contributed by atoms with Gasteiger partial charge in [-0.05, 0) is 48.7 Å². The second-order valence-corrected chi connectivity index (χ2v) is 7.81. The van der Waals surface area contributed by atoms with E-state index in [1.165, 1.54) is 6.33 Å². The van der Waals surface area contributed by atoms with Gasteiger partial charge in [0.2, 0.25) is 5.91 Å². The van der Waals surface area contributed by atoms with E-state index in [1.807, 2.05) is 48.2 Å². The van der Waals surface area contributed by atoms with Crippen LogP contribution >= 0.6 is 11.6 Å². The second-order valence-electron chi connectivity index (χ2n) is 7.38. The van der Waals surface area contributed by atoms with Crippen molar-refractivity contribution in [3.05, 3.63) is 77.1 Å². The average Bonchev–Trinajstić information content (AvgIpc) is 2.78.